The molecule has 1 aromatic heterocycles. The largest absolute Gasteiger partial charge is 0.356 e. The minimum absolute atomic E-state index is 0. The molecule has 2 N–H and O–H groups in total. The van der Waals surface area contributed by atoms with E-state index >= 15 is 0 Å². The molecule has 96 valence electrons. The highest BCUT2D eigenvalue weighted by atomic mass is 127. The molecule has 0 bridgehead atoms. The van der Waals surface area contributed by atoms with Crippen LogP contribution >= 0.6 is 24.0 Å². The molecule has 0 spiro atoms. The fourth-order valence-corrected chi connectivity index (χ4v) is 1.35. The maximum Gasteiger partial charge on any atom is 0.246 e. The molecule has 0 unspecified atom stereocenters. The highest BCUT2D eigenvalue weighted by Crippen LogP contribution is 2.27. The van der Waals surface area contributed by atoms with Crippen LogP contribution in [0.5, 0.6) is 0 Å². The molecular weight excluding hydrogens is 333 g/mol. The molecule has 0 radical (unpaired) electrons. The van der Waals surface area contributed by atoms with E-state index in [2.05, 4.69) is 25.8 Å². The summed E-state index contributed by atoms with van der Waals surface area (Å²) in [5.74, 6) is 2.83. The van der Waals surface area contributed by atoms with Gasteiger partial charge < -0.3 is 15.2 Å². The summed E-state index contributed by atoms with van der Waals surface area (Å²) >= 11 is 0. The van der Waals surface area contributed by atoms with E-state index in [1.165, 1.54) is 12.8 Å². The first-order valence-electron chi connectivity index (χ1n) is 5.51. The smallest absolute Gasteiger partial charge is 0.246 e. The molecule has 17 heavy (non-hydrogen) atoms. The summed E-state index contributed by atoms with van der Waals surface area (Å²) in [5.41, 5.74) is 0. The number of aromatic nitrogens is 2. The molecule has 0 saturated heterocycles. The molecule has 1 aromatic rings. The van der Waals surface area contributed by atoms with Gasteiger partial charge in [0.25, 0.3) is 0 Å². The molecule has 1 heterocycles. The number of nitrogens with zero attached hydrogens (tertiary/aromatic N) is 3. The predicted octanol–water partition coefficient (Wildman–Crippen LogP) is 1.07. The van der Waals surface area contributed by atoms with Crippen molar-refractivity contribution < 1.29 is 4.52 Å². The second-order valence-corrected chi connectivity index (χ2v) is 3.99. The van der Waals surface area contributed by atoms with Crippen LogP contribution in [0.25, 0.3) is 0 Å². The quantitative estimate of drug-likeness (QED) is 0.482. The van der Waals surface area contributed by atoms with Gasteiger partial charge in [-0.15, -0.1) is 24.0 Å². The van der Waals surface area contributed by atoms with Gasteiger partial charge in [-0.2, -0.15) is 4.98 Å². The van der Waals surface area contributed by atoms with Crippen LogP contribution in [0.2, 0.25) is 0 Å². The molecule has 2 rings (SSSR count). The van der Waals surface area contributed by atoms with Gasteiger partial charge in [0.1, 0.15) is 0 Å². The van der Waals surface area contributed by atoms with E-state index in [0.717, 1.165) is 18.4 Å². The fraction of sp³-hybridized carbons (Fsp3) is 0.700. The maximum absolute atomic E-state index is 4.99. The van der Waals surface area contributed by atoms with Crippen molar-refractivity contribution in [1.29, 1.82) is 0 Å². The van der Waals surface area contributed by atoms with Gasteiger partial charge in [0.05, 0.1) is 6.54 Å². The average Bonchev–Trinajstić information content (AvgIpc) is 3.02. The summed E-state index contributed by atoms with van der Waals surface area (Å²) in [7, 11) is 1.75. The van der Waals surface area contributed by atoms with Gasteiger partial charge >= 0.3 is 0 Å². The van der Waals surface area contributed by atoms with Crippen LogP contribution in [0.1, 0.15) is 24.6 Å². The zero-order valence-corrected chi connectivity index (χ0v) is 12.4. The molecule has 0 amide bonds. The summed E-state index contributed by atoms with van der Waals surface area (Å²) in [6.07, 6.45) is 2.65. The number of aliphatic imine (C=N–C) groups is 1. The summed E-state index contributed by atoms with van der Waals surface area (Å²) in [6.45, 7) is 3.29. The SMILES string of the molecule is CN=C(NCc1nc(C)no1)NCC1CC1.I. The number of halogens is 1. The molecule has 1 saturated carbocycles. The molecule has 6 nitrogen and oxygen atoms in total. The third-order valence-corrected chi connectivity index (χ3v) is 2.46. The van der Waals surface area contributed by atoms with Crippen LogP contribution in [0, 0.1) is 12.8 Å². The molecule has 7 heteroatoms. The standard InChI is InChI=1S/C10H17N5O.HI/c1-7-14-9(16-15-7)6-13-10(11-2)12-5-8-3-4-8;/h8H,3-6H2,1-2H3,(H2,11,12,13);1H. The second-order valence-electron chi connectivity index (χ2n) is 3.99. The monoisotopic (exact) mass is 351 g/mol. The first-order valence-corrected chi connectivity index (χ1v) is 5.51. The first-order chi connectivity index (χ1) is 7.78. The Hall–Kier alpha value is -0.860. The lowest BCUT2D eigenvalue weighted by molar-refractivity contribution is 0.371. The number of rotatable bonds is 4. The number of nitrogens with one attached hydrogen (secondary N) is 2. The van der Waals surface area contributed by atoms with E-state index < -0.39 is 0 Å². The van der Waals surface area contributed by atoms with Crippen molar-refractivity contribution in [2.45, 2.75) is 26.3 Å². The summed E-state index contributed by atoms with van der Waals surface area (Å²) < 4.78 is 4.99. The van der Waals surface area contributed by atoms with Crippen LogP contribution in [-0.4, -0.2) is 29.7 Å². The van der Waals surface area contributed by atoms with Crippen molar-refractivity contribution in [2.75, 3.05) is 13.6 Å². The lowest BCUT2D eigenvalue weighted by atomic mass is 10.4. The van der Waals surface area contributed by atoms with Gasteiger partial charge in [0, 0.05) is 13.6 Å². The van der Waals surface area contributed by atoms with E-state index in [1.54, 1.807) is 14.0 Å². The maximum atomic E-state index is 4.99. The van der Waals surface area contributed by atoms with E-state index in [0.29, 0.717) is 18.3 Å². The Balaban J connectivity index is 0.00000144. The van der Waals surface area contributed by atoms with Crippen molar-refractivity contribution >= 4 is 29.9 Å². The number of hydrogen-bond donors (Lipinski definition) is 2. The van der Waals surface area contributed by atoms with Crippen molar-refractivity contribution in [3.63, 3.8) is 0 Å². The zero-order valence-electron chi connectivity index (χ0n) is 10.1. The number of hydrogen-bond acceptors (Lipinski definition) is 4. The minimum atomic E-state index is 0. The van der Waals surface area contributed by atoms with Gasteiger partial charge in [0.2, 0.25) is 5.89 Å². The summed E-state index contributed by atoms with van der Waals surface area (Å²) in [6, 6.07) is 0. The number of aryl methyl sites for hydroxylation is 1. The fourth-order valence-electron chi connectivity index (χ4n) is 1.35. The normalized spacial score (nSPS) is 15.3. The highest BCUT2D eigenvalue weighted by Gasteiger charge is 2.21. The summed E-state index contributed by atoms with van der Waals surface area (Å²) in [4.78, 5) is 8.22. The first kappa shape index (κ1) is 14.2. The van der Waals surface area contributed by atoms with Gasteiger partial charge in [-0.3, -0.25) is 4.99 Å². The van der Waals surface area contributed by atoms with Crippen LogP contribution < -0.4 is 10.6 Å². The van der Waals surface area contributed by atoms with Crippen molar-refractivity contribution in [3.05, 3.63) is 11.7 Å². The van der Waals surface area contributed by atoms with Crippen LogP contribution in [0.4, 0.5) is 0 Å². The van der Waals surface area contributed by atoms with Crippen LogP contribution in [0.15, 0.2) is 9.52 Å². The third kappa shape index (κ3) is 4.88. The Kier molecular flexibility index (Phi) is 5.66. The van der Waals surface area contributed by atoms with E-state index in [4.69, 9.17) is 4.52 Å². The molecular formula is C10H18IN5O. The Labute approximate surface area is 118 Å². The molecule has 1 aliphatic carbocycles. The Bertz CT molecular complexity index is 375. The molecule has 1 aliphatic rings. The third-order valence-electron chi connectivity index (χ3n) is 2.46. The van der Waals surface area contributed by atoms with Crippen LogP contribution in [0.3, 0.4) is 0 Å². The van der Waals surface area contributed by atoms with Gasteiger partial charge in [-0.25, -0.2) is 0 Å². The minimum Gasteiger partial charge on any atom is -0.356 e. The average molecular weight is 351 g/mol. The lowest BCUT2D eigenvalue weighted by Gasteiger charge is -2.09. The topological polar surface area (TPSA) is 75.3 Å². The lowest BCUT2D eigenvalue weighted by Crippen LogP contribution is -2.37. The Morgan fingerprint density at radius 3 is 2.76 bits per heavy atom. The molecule has 0 aromatic carbocycles. The Morgan fingerprint density at radius 2 is 2.24 bits per heavy atom. The van der Waals surface area contributed by atoms with Gasteiger partial charge in [-0.05, 0) is 25.7 Å². The van der Waals surface area contributed by atoms with E-state index in [-0.39, 0.29) is 24.0 Å². The zero-order chi connectivity index (χ0) is 11.4. The highest BCUT2D eigenvalue weighted by molar-refractivity contribution is 14.0. The van der Waals surface area contributed by atoms with Gasteiger partial charge in [0.15, 0.2) is 11.8 Å². The number of guanidine groups is 1. The molecule has 0 atom stereocenters. The predicted molar refractivity (Wildman–Crippen MR) is 75.4 cm³/mol. The molecule has 0 aliphatic heterocycles. The van der Waals surface area contributed by atoms with E-state index in [9.17, 15) is 0 Å². The van der Waals surface area contributed by atoms with E-state index in [1.807, 2.05) is 0 Å². The van der Waals surface area contributed by atoms with Crippen molar-refractivity contribution in [3.8, 4) is 0 Å². The van der Waals surface area contributed by atoms with Crippen molar-refractivity contribution in [2.24, 2.45) is 10.9 Å². The Morgan fingerprint density at radius 1 is 1.47 bits per heavy atom. The van der Waals surface area contributed by atoms with Crippen LogP contribution in [-0.2, 0) is 6.54 Å². The van der Waals surface area contributed by atoms with Crippen molar-refractivity contribution in [1.82, 2.24) is 20.8 Å². The van der Waals surface area contributed by atoms with Gasteiger partial charge in [-0.1, -0.05) is 5.16 Å². The molecule has 1 fully saturated rings. The second kappa shape index (κ2) is 6.77. The summed E-state index contributed by atoms with van der Waals surface area (Å²) in [5, 5.41) is 10.1.